The van der Waals surface area contributed by atoms with E-state index in [9.17, 15) is 14.9 Å². The minimum absolute atomic E-state index is 0.00653. The van der Waals surface area contributed by atoms with E-state index < -0.39 is 4.92 Å². The number of nitro benzene ring substituents is 1. The molecule has 0 fully saturated rings. The van der Waals surface area contributed by atoms with Crippen LogP contribution in [0.1, 0.15) is 27.0 Å². The average Bonchev–Trinajstić information content (AvgIpc) is 2.37. The molecule has 0 aliphatic heterocycles. The molecular formula is C16H15NO3. The number of carbonyl (C=O) groups is 1. The van der Waals surface area contributed by atoms with E-state index in [0.29, 0.717) is 12.0 Å². The summed E-state index contributed by atoms with van der Waals surface area (Å²) in [5, 5.41) is 10.6. The lowest BCUT2D eigenvalue weighted by Gasteiger charge is -2.05. The van der Waals surface area contributed by atoms with Crippen LogP contribution in [0.25, 0.3) is 0 Å². The monoisotopic (exact) mass is 269 g/mol. The van der Waals surface area contributed by atoms with Crippen LogP contribution in [-0.4, -0.2) is 10.7 Å². The maximum atomic E-state index is 12.1. The molecule has 0 aliphatic carbocycles. The predicted molar refractivity (Wildman–Crippen MR) is 77.0 cm³/mol. The van der Waals surface area contributed by atoms with Gasteiger partial charge in [-0.1, -0.05) is 29.3 Å². The van der Waals surface area contributed by atoms with Crippen LogP contribution >= 0.6 is 0 Å². The van der Waals surface area contributed by atoms with Crippen LogP contribution in [0.4, 0.5) is 5.69 Å². The fraction of sp³-hybridized carbons (Fsp3) is 0.188. The van der Waals surface area contributed by atoms with E-state index in [1.165, 1.54) is 24.3 Å². The van der Waals surface area contributed by atoms with Gasteiger partial charge in [0, 0.05) is 24.1 Å². The van der Waals surface area contributed by atoms with Crippen molar-refractivity contribution in [3.05, 3.63) is 74.8 Å². The third-order valence-corrected chi connectivity index (χ3v) is 3.05. The van der Waals surface area contributed by atoms with E-state index in [1.807, 2.05) is 26.0 Å². The molecule has 0 saturated heterocycles. The lowest BCUT2D eigenvalue weighted by atomic mass is 9.99. The van der Waals surface area contributed by atoms with Gasteiger partial charge in [0.2, 0.25) is 0 Å². The Morgan fingerprint density at radius 2 is 1.60 bits per heavy atom. The Kier molecular flexibility index (Phi) is 3.94. The van der Waals surface area contributed by atoms with Crippen LogP contribution in [0.5, 0.6) is 0 Å². The van der Waals surface area contributed by atoms with Crippen LogP contribution in [-0.2, 0) is 6.42 Å². The van der Waals surface area contributed by atoms with E-state index >= 15 is 0 Å². The van der Waals surface area contributed by atoms with E-state index in [4.69, 9.17) is 0 Å². The highest BCUT2D eigenvalue weighted by Gasteiger charge is 2.10. The molecule has 0 heterocycles. The quantitative estimate of drug-likeness (QED) is 0.483. The maximum Gasteiger partial charge on any atom is 0.269 e. The standard InChI is InChI=1S/C16H15NO3/c1-11-7-12(2)9-13(8-11)10-16(18)14-3-5-15(6-4-14)17(19)20/h3-9H,10H2,1-2H3. The van der Waals surface area contributed by atoms with Gasteiger partial charge in [0.1, 0.15) is 0 Å². The number of aryl methyl sites for hydroxylation is 2. The van der Waals surface area contributed by atoms with E-state index in [1.54, 1.807) is 0 Å². The fourth-order valence-electron chi connectivity index (χ4n) is 2.23. The molecule has 0 radical (unpaired) electrons. The highest BCUT2D eigenvalue weighted by Crippen LogP contribution is 2.15. The van der Waals surface area contributed by atoms with Gasteiger partial charge in [0.25, 0.3) is 5.69 Å². The molecule has 0 N–H and O–H groups in total. The summed E-state index contributed by atoms with van der Waals surface area (Å²) in [6.45, 7) is 3.99. The van der Waals surface area contributed by atoms with Gasteiger partial charge in [0.05, 0.1) is 4.92 Å². The second kappa shape index (κ2) is 5.65. The van der Waals surface area contributed by atoms with E-state index in [2.05, 4.69) is 6.07 Å². The zero-order chi connectivity index (χ0) is 14.7. The van der Waals surface area contributed by atoms with Crippen LogP contribution < -0.4 is 0 Å². The first-order valence-electron chi connectivity index (χ1n) is 6.30. The molecule has 2 aromatic rings. The SMILES string of the molecule is Cc1cc(C)cc(CC(=O)c2ccc([N+](=O)[O-])cc2)c1. The zero-order valence-corrected chi connectivity index (χ0v) is 11.4. The molecular weight excluding hydrogens is 254 g/mol. The summed E-state index contributed by atoms with van der Waals surface area (Å²) in [5.41, 5.74) is 3.70. The van der Waals surface area contributed by atoms with Crippen LogP contribution in [0.3, 0.4) is 0 Å². The Morgan fingerprint density at radius 3 is 2.10 bits per heavy atom. The molecule has 0 amide bonds. The van der Waals surface area contributed by atoms with Crippen LogP contribution in [0.15, 0.2) is 42.5 Å². The largest absolute Gasteiger partial charge is 0.294 e. The molecule has 0 bridgehead atoms. The second-order valence-electron chi connectivity index (χ2n) is 4.90. The molecule has 0 unspecified atom stereocenters. The number of Topliss-reactive ketones (excluding diaryl/α,β-unsaturated/α-hetero) is 1. The Balaban J connectivity index is 2.17. The minimum atomic E-state index is -0.474. The first-order valence-corrected chi connectivity index (χ1v) is 6.30. The van der Waals surface area contributed by atoms with Crippen molar-refractivity contribution in [2.45, 2.75) is 20.3 Å². The number of hydrogen-bond acceptors (Lipinski definition) is 3. The number of rotatable bonds is 4. The lowest BCUT2D eigenvalue weighted by molar-refractivity contribution is -0.384. The second-order valence-corrected chi connectivity index (χ2v) is 4.90. The zero-order valence-electron chi connectivity index (χ0n) is 11.4. The highest BCUT2D eigenvalue weighted by molar-refractivity contribution is 5.97. The van der Waals surface area contributed by atoms with Gasteiger partial charge >= 0.3 is 0 Å². The maximum absolute atomic E-state index is 12.1. The summed E-state index contributed by atoms with van der Waals surface area (Å²) >= 11 is 0. The number of hydrogen-bond donors (Lipinski definition) is 0. The molecule has 0 atom stereocenters. The van der Waals surface area contributed by atoms with Gasteiger partial charge in [-0.05, 0) is 31.5 Å². The minimum Gasteiger partial charge on any atom is -0.294 e. The molecule has 20 heavy (non-hydrogen) atoms. The molecule has 0 aliphatic rings. The summed E-state index contributed by atoms with van der Waals surface area (Å²) in [7, 11) is 0. The number of carbonyl (C=O) groups excluding carboxylic acids is 1. The number of nitrogens with zero attached hydrogens (tertiary/aromatic N) is 1. The van der Waals surface area contributed by atoms with Gasteiger partial charge in [-0.15, -0.1) is 0 Å². The predicted octanol–water partition coefficient (Wildman–Crippen LogP) is 3.64. The molecule has 4 nitrogen and oxygen atoms in total. The van der Waals surface area contributed by atoms with Crippen molar-refractivity contribution in [3.63, 3.8) is 0 Å². The van der Waals surface area contributed by atoms with Crippen molar-refractivity contribution in [3.8, 4) is 0 Å². The topological polar surface area (TPSA) is 60.2 Å². The van der Waals surface area contributed by atoms with Crippen molar-refractivity contribution in [2.75, 3.05) is 0 Å². The Hall–Kier alpha value is -2.49. The van der Waals surface area contributed by atoms with Gasteiger partial charge in [0.15, 0.2) is 5.78 Å². The summed E-state index contributed by atoms with van der Waals surface area (Å²) in [4.78, 5) is 22.2. The van der Waals surface area contributed by atoms with Crippen molar-refractivity contribution < 1.29 is 9.72 Å². The Labute approximate surface area is 117 Å². The molecule has 0 saturated carbocycles. The van der Waals surface area contributed by atoms with Crippen molar-refractivity contribution in [1.29, 1.82) is 0 Å². The fourth-order valence-corrected chi connectivity index (χ4v) is 2.23. The summed E-state index contributed by atoms with van der Waals surface area (Å²) in [5.74, 6) is -0.0371. The highest BCUT2D eigenvalue weighted by atomic mass is 16.6. The number of ketones is 1. The van der Waals surface area contributed by atoms with Crippen molar-refractivity contribution in [1.82, 2.24) is 0 Å². The van der Waals surface area contributed by atoms with Gasteiger partial charge in [-0.25, -0.2) is 0 Å². The summed E-state index contributed by atoms with van der Waals surface area (Å²) in [6, 6.07) is 11.7. The third kappa shape index (κ3) is 3.29. The molecule has 102 valence electrons. The van der Waals surface area contributed by atoms with Gasteiger partial charge in [-0.2, -0.15) is 0 Å². The van der Waals surface area contributed by atoms with Crippen molar-refractivity contribution >= 4 is 11.5 Å². The number of non-ortho nitro benzene ring substituents is 1. The molecule has 2 rings (SSSR count). The van der Waals surface area contributed by atoms with Gasteiger partial charge < -0.3 is 0 Å². The van der Waals surface area contributed by atoms with Crippen LogP contribution in [0.2, 0.25) is 0 Å². The average molecular weight is 269 g/mol. The third-order valence-electron chi connectivity index (χ3n) is 3.05. The first-order chi connectivity index (χ1) is 9.45. The molecule has 4 heteroatoms. The first kappa shape index (κ1) is 13.9. The van der Waals surface area contributed by atoms with E-state index in [0.717, 1.165) is 16.7 Å². The Bertz CT molecular complexity index is 640. The number of benzene rings is 2. The number of nitro groups is 1. The van der Waals surface area contributed by atoms with Crippen molar-refractivity contribution in [2.24, 2.45) is 0 Å². The summed E-state index contributed by atoms with van der Waals surface area (Å²) in [6.07, 6.45) is 0.306. The normalized spacial score (nSPS) is 10.3. The summed E-state index contributed by atoms with van der Waals surface area (Å²) < 4.78 is 0. The lowest BCUT2D eigenvalue weighted by Crippen LogP contribution is -2.04. The van der Waals surface area contributed by atoms with Gasteiger partial charge in [-0.3, -0.25) is 14.9 Å². The molecule has 2 aromatic carbocycles. The molecule has 0 aromatic heterocycles. The van der Waals surface area contributed by atoms with E-state index in [-0.39, 0.29) is 11.5 Å². The van der Waals surface area contributed by atoms with Crippen LogP contribution in [0, 0.1) is 24.0 Å². The Morgan fingerprint density at radius 1 is 1.05 bits per heavy atom. The molecule has 0 spiro atoms. The smallest absolute Gasteiger partial charge is 0.269 e.